The Bertz CT molecular complexity index is 585. The molecule has 0 amide bonds. The van der Waals surface area contributed by atoms with Crippen LogP contribution in [0.15, 0.2) is 24.3 Å². The summed E-state index contributed by atoms with van der Waals surface area (Å²) < 4.78 is 0. The second-order valence-corrected chi connectivity index (χ2v) is 10.6. The highest BCUT2D eigenvalue weighted by Crippen LogP contribution is 2.27. The van der Waals surface area contributed by atoms with Gasteiger partial charge in [0.05, 0.1) is 0 Å². The molecule has 0 spiro atoms. The zero-order valence-electron chi connectivity index (χ0n) is 23.4. The van der Waals surface area contributed by atoms with Gasteiger partial charge in [0.1, 0.15) is 11.5 Å². The highest BCUT2D eigenvalue weighted by molar-refractivity contribution is 5.30. The largest absolute Gasteiger partial charge is 0.508 e. The minimum Gasteiger partial charge on any atom is -0.508 e. The van der Waals surface area contributed by atoms with Crippen molar-refractivity contribution in [2.45, 2.75) is 115 Å². The minimum atomic E-state index is -1.32. The summed E-state index contributed by atoms with van der Waals surface area (Å²) in [5.41, 5.74) is 0. The summed E-state index contributed by atoms with van der Waals surface area (Å²) in [6, 6.07) is 5.85. The van der Waals surface area contributed by atoms with E-state index in [1.807, 2.05) is 0 Å². The first kappa shape index (κ1) is 36.6. The lowest BCUT2D eigenvalue weighted by molar-refractivity contribution is -0.180. The Kier molecular flexibility index (Phi) is 23.7. The molecule has 3 rings (SSSR count). The van der Waals surface area contributed by atoms with E-state index >= 15 is 0 Å². The fourth-order valence-electron chi connectivity index (χ4n) is 4.49. The Labute approximate surface area is 230 Å². The van der Waals surface area contributed by atoms with Crippen LogP contribution < -0.4 is 0 Å². The molecule has 0 aliphatic heterocycles. The number of unbranched alkanes of at least 4 members (excludes halogenated alkanes) is 7. The molecule has 0 radical (unpaired) electrons. The Morgan fingerprint density at radius 3 is 1.18 bits per heavy atom. The quantitative estimate of drug-likeness (QED) is 0.148. The molecule has 0 aromatic heterocycles. The van der Waals surface area contributed by atoms with E-state index in [4.69, 9.17) is 40.9 Å². The van der Waals surface area contributed by atoms with Crippen molar-refractivity contribution in [3.05, 3.63) is 24.3 Å². The van der Waals surface area contributed by atoms with Gasteiger partial charge in [-0.05, 0) is 75.3 Å². The summed E-state index contributed by atoms with van der Waals surface area (Å²) in [5.74, 6) is -0.112. The molecule has 1 aromatic carbocycles. The molecule has 224 valence electrons. The van der Waals surface area contributed by atoms with Gasteiger partial charge in [-0.25, -0.2) is 0 Å². The number of aromatic hydroxyl groups is 2. The van der Waals surface area contributed by atoms with Crippen LogP contribution in [-0.4, -0.2) is 73.1 Å². The van der Waals surface area contributed by atoms with Gasteiger partial charge in [-0.15, -0.1) is 0 Å². The minimum absolute atomic E-state index is 0.0880. The van der Waals surface area contributed by atoms with Crippen LogP contribution in [0.1, 0.15) is 109 Å². The fraction of sp³-hybridized carbons (Fsp3) is 0.800. The molecule has 0 heterocycles. The lowest BCUT2D eigenvalue weighted by Crippen LogP contribution is -2.30. The van der Waals surface area contributed by atoms with E-state index in [0.717, 1.165) is 70.6 Å². The molecule has 2 fully saturated rings. The molecule has 0 bridgehead atoms. The Hall–Kier alpha value is -1.42. The monoisotopic (exact) mass is 544 g/mol. The summed E-state index contributed by atoms with van der Waals surface area (Å²) >= 11 is 0. The highest BCUT2D eigenvalue weighted by Gasteiger charge is 2.24. The van der Waals surface area contributed by atoms with Gasteiger partial charge in [-0.2, -0.15) is 0 Å². The first-order chi connectivity index (χ1) is 18.3. The van der Waals surface area contributed by atoms with Crippen LogP contribution in [-0.2, 0) is 0 Å². The Morgan fingerprint density at radius 2 is 0.947 bits per heavy atom. The third kappa shape index (κ3) is 22.6. The number of hydrogen-bond acceptors (Lipinski definition) is 8. The summed E-state index contributed by atoms with van der Waals surface area (Å²) in [6.07, 6.45) is 17.9. The number of phenolic OH excluding ortho intramolecular Hbond substituents is 2. The fourth-order valence-corrected chi connectivity index (χ4v) is 4.49. The van der Waals surface area contributed by atoms with Crippen LogP contribution in [0.25, 0.3) is 0 Å². The molecule has 1 aromatic rings. The maximum Gasteiger partial charge on any atom is 0.162 e. The molecular weight excluding hydrogens is 488 g/mol. The molecule has 8 N–H and O–H groups in total. The van der Waals surface area contributed by atoms with Gasteiger partial charge in [0.25, 0.3) is 0 Å². The van der Waals surface area contributed by atoms with Gasteiger partial charge in [-0.1, -0.05) is 51.0 Å². The summed E-state index contributed by atoms with van der Waals surface area (Å²) in [6.45, 7) is 1.34. The molecule has 0 saturated heterocycles. The van der Waals surface area contributed by atoms with Crippen molar-refractivity contribution < 1.29 is 40.9 Å². The van der Waals surface area contributed by atoms with Crippen molar-refractivity contribution in [3.63, 3.8) is 0 Å². The van der Waals surface area contributed by atoms with Gasteiger partial charge in [0, 0.05) is 45.3 Å². The van der Waals surface area contributed by atoms with E-state index in [1.54, 1.807) is 6.07 Å². The van der Waals surface area contributed by atoms with E-state index in [-0.39, 0.29) is 11.5 Å². The maximum absolute atomic E-state index is 8.93. The first-order valence-electron chi connectivity index (χ1n) is 14.6. The van der Waals surface area contributed by atoms with Gasteiger partial charge >= 0.3 is 0 Å². The number of hydrogen-bond donors (Lipinski definition) is 8. The van der Waals surface area contributed by atoms with Crippen molar-refractivity contribution in [1.29, 1.82) is 0 Å². The molecule has 0 unspecified atom stereocenters. The van der Waals surface area contributed by atoms with Crippen molar-refractivity contribution in [2.24, 2.45) is 11.8 Å². The number of aliphatic hydroxyl groups excluding tert-OH is 4. The van der Waals surface area contributed by atoms with Crippen LogP contribution in [0.2, 0.25) is 0 Å². The topological polar surface area (TPSA) is 162 Å². The SMILES string of the molecule is OC1(O)CCCCC1.OCC1CCC(CO)CC1.OCCCCCCCCCCO.Oc1cccc(O)c1. The van der Waals surface area contributed by atoms with Crippen molar-refractivity contribution in [2.75, 3.05) is 26.4 Å². The number of benzene rings is 1. The molecule has 2 aliphatic carbocycles. The standard InChI is InChI=1S/C10H22O2.C8H16O2.C6H6O2.C6H12O2/c11-9-7-5-3-1-2-4-6-8-10-12;9-5-7-1-2-8(6-10)4-3-7;7-5-2-1-3-6(8)4-5;7-6(8)4-2-1-3-5-6/h11-12H,1-10H2;7-10H,1-6H2;1-4,7-8H;7-8H,1-5H2. The third-order valence-corrected chi connectivity index (χ3v) is 7.03. The third-order valence-electron chi connectivity index (χ3n) is 7.03. The van der Waals surface area contributed by atoms with Crippen LogP contribution >= 0.6 is 0 Å². The zero-order valence-corrected chi connectivity index (χ0v) is 23.4. The lowest BCUT2D eigenvalue weighted by Gasteiger charge is -2.25. The van der Waals surface area contributed by atoms with Crippen molar-refractivity contribution in [1.82, 2.24) is 0 Å². The average molecular weight is 545 g/mol. The molecule has 2 aliphatic rings. The van der Waals surface area contributed by atoms with Crippen LogP contribution in [0.4, 0.5) is 0 Å². The molecule has 2 saturated carbocycles. The number of aliphatic hydroxyl groups is 6. The van der Waals surface area contributed by atoms with E-state index in [2.05, 4.69) is 0 Å². The van der Waals surface area contributed by atoms with Gasteiger partial charge < -0.3 is 40.9 Å². The molecule has 0 atom stereocenters. The van der Waals surface area contributed by atoms with Gasteiger partial charge in [-0.3, -0.25) is 0 Å². The van der Waals surface area contributed by atoms with E-state index in [9.17, 15) is 0 Å². The molecule has 38 heavy (non-hydrogen) atoms. The number of rotatable bonds is 11. The normalized spacial score (nSPS) is 20.1. The predicted octanol–water partition coefficient (Wildman–Crippen LogP) is 4.60. The first-order valence-corrected chi connectivity index (χ1v) is 14.6. The van der Waals surface area contributed by atoms with Gasteiger partial charge in [0.15, 0.2) is 5.79 Å². The second kappa shape index (κ2) is 24.6. The Morgan fingerprint density at radius 1 is 0.579 bits per heavy atom. The highest BCUT2D eigenvalue weighted by atomic mass is 16.5. The van der Waals surface area contributed by atoms with Crippen molar-refractivity contribution in [3.8, 4) is 11.5 Å². The summed E-state index contributed by atoms with van der Waals surface area (Å²) in [5, 5.41) is 69.8. The summed E-state index contributed by atoms with van der Waals surface area (Å²) in [7, 11) is 0. The maximum atomic E-state index is 8.93. The van der Waals surface area contributed by atoms with Gasteiger partial charge in [0.2, 0.25) is 0 Å². The zero-order chi connectivity index (χ0) is 28.5. The van der Waals surface area contributed by atoms with Crippen LogP contribution in [0, 0.1) is 11.8 Å². The smallest absolute Gasteiger partial charge is 0.162 e. The van der Waals surface area contributed by atoms with E-state index < -0.39 is 5.79 Å². The van der Waals surface area contributed by atoms with Crippen molar-refractivity contribution >= 4 is 0 Å². The number of phenols is 2. The average Bonchev–Trinajstić information content (AvgIpc) is 2.91. The molecule has 8 heteroatoms. The van der Waals surface area contributed by atoms with E-state index in [1.165, 1.54) is 43.9 Å². The predicted molar refractivity (Wildman–Crippen MR) is 151 cm³/mol. The van der Waals surface area contributed by atoms with Crippen LogP contribution in [0.5, 0.6) is 11.5 Å². The molecule has 8 nitrogen and oxygen atoms in total. The van der Waals surface area contributed by atoms with E-state index in [0.29, 0.717) is 51.1 Å². The summed E-state index contributed by atoms with van der Waals surface area (Å²) in [4.78, 5) is 0. The second-order valence-electron chi connectivity index (χ2n) is 10.6. The Balaban J connectivity index is 0.000000486. The lowest BCUT2D eigenvalue weighted by atomic mass is 9.83. The van der Waals surface area contributed by atoms with Crippen LogP contribution in [0.3, 0.4) is 0 Å². The molecular formula is C30H56O8.